The largest absolute Gasteiger partial charge is 0.391 e. The molecule has 0 fully saturated rings. The second kappa shape index (κ2) is 8.37. The van der Waals surface area contributed by atoms with Crippen LogP contribution in [-0.4, -0.2) is 40.1 Å². The first-order valence-electron chi connectivity index (χ1n) is 7.97. The minimum atomic E-state index is -1.27. The minimum absolute atomic E-state index is 0.0110. The first-order valence-corrected chi connectivity index (χ1v) is 7.97. The summed E-state index contributed by atoms with van der Waals surface area (Å²) in [5.41, 5.74) is 4.08. The average molecular weight is 356 g/mol. The lowest BCUT2D eigenvalue weighted by molar-refractivity contribution is -0.133. The van der Waals surface area contributed by atoms with Crippen LogP contribution in [-0.2, 0) is 4.79 Å². The van der Waals surface area contributed by atoms with E-state index in [9.17, 15) is 19.5 Å². The number of hydrogen-bond donors (Lipinski definition) is 4. The predicted octanol–water partition coefficient (Wildman–Crippen LogP) is 1.54. The summed E-state index contributed by atoms with van der Waals surface area (Å²) in [5, 5.41) is 20.6. The average Bonchev–Trinajstić information content (AvgIpc) is 2.65. The molecule has 136 valence electrons. The van der Waals surface area contributed by atoms with E-state index in [1.165, 1.54) is 19.3 Å². The molecule has 26 heavy (non-hydrogen) atoms. The quantitative estimate of drug-likeness (QED) is 0.356. The van der Waals surface area contributed by atoms with Gasteiger partial charge in [-0.15, -0.1) is 0 Å². The second-order valence-electron chi connectivity index (χ2n) is 5.88. The molecule has 0 heterocycles. The summed E-state index contributed by atoms with van der Waals surface area (Å²) in [4.78, 5) is 35.0. The number of carbonyl (C=O) groups excluding carboxylic acids is 3. The van der Waals surface area contributed by atoms with Gasteiger partial charge in [0, 0.05) is 11.1 Å². The lowest BCUT2D eigenvalue weighted by Crippen LogP contribution is -2.51. The van der Waals surface area contributed by atoms with Crippen molar-refractivity contribution in [2.45, 2.75) is 26.0 Å². The monoisotopic (exact) mass is 356 g/mol. The molecular weight excluding hydrogens is 336 g/mol. The van der Waals surface area contributed by atoms with Gasteiger partial charge >= 0.3 is 0 Å². The standard InChI is InChI=1S/C19H20N2O5/c1-11(22)13-3-5-14(6-4-13)15-7-9-16(10-8-15)18(24)20-17(12(2)23)19(25)21-26/h3-10,12,17,23,26H,1-2H3,(H,20,24)(H,21,25)/t12-,17+/m1/s1. The van der Waals surface area contributed by atoms with Crippen LogP contribution in [0.15, 0.2) is 48.5 Å². The number of ketones is 1. The van der Waals surface area contributed by atoms with Gasteiger partial charge in [-0.1, -0.05) is 36.4 Å². The fraction of sp³-hybridized carbons (Fsp3) is 0.211. The Balaban J connectivity index is 2.14. The van der Waals surface area contributed by atoms with Crippen LogP contribution in [0.4, 0.5) is 0 Å². The number of aliphatic hydroxyl groups excluding tert-OH is 1. The summed E-state index contributed by atoms with van der Waals surface area (Å²) in [5.74, 6) is -1.48. The Morgan fingerprint density at radius 1 is 0.885 bits per heavy atom. The molecule has 0 radical (unpaired) electrons. The fourth-order valence-corrected chi connectivity index (χ4v) is 2.41. The van der Waals surface area contributed by atoms with E-state index in [0.717, 1.165) is 11.1 Å². The number of benzene rings is 2. The summed E-state index contributed by atoms with van der Waals surface area (Å²) in [6.07, 6.45) is -1.18. The molecule has 0 aromatic heterocycles. The number of aliphatic hydroxyl groups is 1. The molecule has 0 spiro atoms. The van der Waals surface area contributed by atoms with Gasteiger partial charge < -0.3 is 10.4 Å². The zero-order chi connectivity index (χ0) is 19.3. The highest BCUT2D eigenvalue weighted by molar-refractivity contribution is 5.98. The molecule has 0 aliphatic carbocycles. The maximum atomic E-state index is 12.2. The van der Waals surface area contributed by atoms with Gasteiger partial charge in [0.25, 0.3) is 11.8 Å². The zero-order valence-electron chi connectivity index (χ0n) is 14.4. The molecule has 0 aliphatic rings. The summed E-state index contributed by atoms with van der Waals surface area (Å²) >= 11 is 0. The van der Waals surface area contributed by atoms with Crippen molar-refractivity contribution in [3.8, 4) is 11.1 Å². The van der Waals surface area contributed by atoms with Crippen LogP contribution in [0.3, 0.4) is 0 Å². The number of hydrogen-bond acceptors (Lipinski definition) is 5. The van der Waals surface area contributed by atoms with Crippen molar-refractivity contribution in [3.63, 3.8) is 0 Å². The number of nitrogens with one attached hydrogen (secondary N) is 2. The van der Waals surface area contributed by atoms with Gasteiger partial charge in [0.15, 0.2) is 5.78 Å². The van der Waals surface area contributed by atoms with Gasteiger partial charge in [-0.2, -0.15) is 0 Å². The van der Waals surface area contributed by atoms with Crippen LogP contribution < -0.4 is 10.8 Å². The smallest absolute Gasteiger partial charge is 0.268 e. The number of amides is 2. The summed E-state index contributed by atoms with van der Waals surface area (Å²) in [6, 6.07) is 12.5. The van der Waals surface area contributed by atoms with Gasteiger partial charge in [0.05, 0.1) is 6.10 Å². The van der Waals surface area contributed by atoms with Crippen molar-refractivity contribution in [2.75, 3.05) is 0 Å². The van der Waals surface area contributed by atoms with E-state index in [1.54, 1.807) is 36.4 Å². The van der Waals surface area contributed by atoms with Crippen LogP contribution in [0.1, 0.15) is 34.6 Å². The third kappa shape index (κ3) is 4.53. The lowest BCUT2D eigenvalue weighted by atomic mass is 10.0. The van der Waals surface area contributed by atoms with E-state index >= 15 is 0 Å². The number of carbonyl (C=O) groups is 3. The number of Topliss-reactive ketones (excluding diaryl/α,β-unsaturated/α-hetero) is 1. The van der Waals surface area contributed by atoms with E-state index in [-0.39, 0.29) is 5.78 Å². The predicted molar refractivity (Wildman–Crippen MR) is 94.7 cm³/mol. The van der Waals surface area contributed by atoms with E-state index in [1.807, 2.05) is 12.1 Å². The van der Waals surface area contributed by atoms with Crippen molar-refractivity contribution in [1.82, 2.24) is 10.8 Å². The summed E-state index contributed by atoms with van der Waals surface area (Å²) in [7, 11) is 0. The highest BCUT2D eigenvalue weighted by Gasteiger charge is 2.25. The minimum Gasteiger partial charge on any atom is -0.391 e. The molecule has 2 aromatic carbocycles. The maximum Gasteiger partial charge on any atom is 0.268 e. The van der Waals surface area contributed by atoms with Crippen molar-refractivity contribution in [1.29, 1.82) is 0 Å². The lowest BCUT2D eigenvalue weighted by Gasteiger charge is -2.19. The van der Waals surface area contributed by atoms with Gasteiger partial charge in [-0.3, -0.25) is 19.6 Å². The zero-order valence-corrected chi connectivity index (χ0v) is 14.4. The van der Waals surface area contributed by atoms with Crippen LogP contribution in [0.2, 0.25) is 0 Å². The van der Waals surface area contributed by atoms with Crippen LogP contribution >= 0.6 is 0 Å². The molecule has 2 rings (SSSR count). The Labute approximate surface area is 150 Å². The first-order chi connectivity index (χ1) is 12.3. The van der Waals surface area contributed by atoms with Crippen molar-refractivity contribution in [2.24, 2.45) is 0 Å². The van der Waals surface area contributed by atoms with Gasteiger partial charge in [0.2, 0.25) is 0 Å². The van der Waals surface area contributed by atoms with Gasteiger partial charge in [-0.25, -0.2) is 5.48 Å². The molecule has 7 heteroatoms. The van der Waals surface area contributed by atoms with E-state index in [2.05, 4.69) is 5.32 Å². The molecule has 0 bridgehead atoms. The van der Waals surface area contributed by atoms with E-state index in [0.29, 0.717) is 11.1 Å². The topological polar surface area (TPSA) is 116 Å². The molecule has 7 nitrogen and oxygen atoms in total. The first kappa shape index (κ1) is 19.3. The molecular formula is C19H20N2O5. The molecule has 0 unspecified atom stereocenters. The normalized spacial score (nSPS) is 12.8. The van der Waals surface area contributed by atoms with Crippen molar-refractivity contribution in [3.05, 3.63) is 59.7 Å². The summed E-state index contributed by atoms with van der Waals surface area (Å²) < 4.78 is 0. The molecule has 0 saturated carbocycles. The summed E-state index contributed by atoms with van der Waals surface area (Å²) in [6.45, 7) is 2.83. The third-order valence-corrected chi connectivity index (χ3v) is 3.93. The van der Waals surface area contributed by atoms with Crippen LogP contribution in [0.5, 0.6) is 0 Å². The third-order valence-electron chi connectivity index (χ3n) is 3.93. The van der Waals surface area contributed by atoms with E-state index < -0.39 is 24.0 Å². The Hall–Kier alpha value is -3.03. The molecule has 4 N–H and O–H groups in total. The fourth-order valence-electron chi connectivity index (χ4n) is 2.41. The van der Waals surface area contributed by atoms with Crippen molar-refractivity contribution < 1.29 is 24.7 Å². The number of hydroxylamine groups is 1. The Morgan fingerprint density at radius 2 is 1.35 bits per heavy atom. The maximum absolute atomic E-state index is 12.2. The molecule has 0 saturated heterocycles. The Morgan fingerprint density at radius 3 is 1.73 bits per heavy atom. The SMILES string of the molecule is CC(=O)c1ccc(-c2ccc(C(=O)N[C@H](C(=O)NO)[C@@H](C)O)cc2)cc1. The molecule has 2 amide bonds. The Kier molecular flexibility index (Phi) is 6.21. The van der Waals surface area contributed by atoms with Crippen LogP contribution in [0, 0.1) is 0 Å². The molecule has 2 atom stereocenters. The molecule has 0 aliphatic heterocycles. The second-order valence-corrected chi connectivity index (χ2v) is 5.88. The van der Waals surface area contributed by atoms with Gasteiger partial charge in [0.1, 0.15) is 6.04 Å². The highest BCUT2D eigenvalue weighted by atomic mass is 16.5. The highest BCUT2D eigenvalue weighted by Crippen LogP contribution is 2.20. The van der Waals surface area contributed by atoms with Gasteiger partial charge in [-0.05, 0) is 37.1 Å². The molecule has 2 aromatic rings. The van der Waals surface area contributed by atoms with Crippen molar-refractivity contribution >= 4 is 17.6 Å². The van der Waals surface area contributed by atoms with E-state index in [4.69, 9.17) is 5.21 Å². The van der Waals surface area contributed by atoms with Crippen LogP contribution in [0.25, 0.3) is 11.1 Å². The number of rotatable bonds is 6. The Bertz CT molecular complexity index is 798.